The van der Waals surface area contributed by atoms with Gasteiger partial charge in [-0.3, -0.25) is 0 Å². The standard InChI is InChI=1S/C11H26N4/c12-10(13)8-6-4-2-1-3-5-7-9-11(10,14)15/h1-9,12-15H2. The fraction of sp³-hybridized carbons (Fsp3) is 1.00. The molecule has 1 aliphatic carbocycles. The van der Waals surface area contributed by atoms with E-state index in [1.165, 1.54) is 32.1 Å². The van der Waals surface area contributed by atoms with Gasteiger partial charge < -0.3 is 22.9 Å². The topological polar surface area (TPSA) is 104 Å². The first-order chi connectivity index (χ1) is 6.96. The molecule has 0 aromatic rings. The first-order valence-corrected chi connectivity index (χ1v) is 6.11. The molecule has 4 nitrogen and oxygen atoms in total. The molecule has 15 heavy (non-hydrogen) atoms. The van der Waals surface area contributed by atoms with Crippen molar-refractivity contribution in [3.8, 4) is 0 Å². The average molecular weight is 214 g/mol. The van der Waals surface area contributed by atoms with Crippen molar-refractivity contribution < 1.29 is 0 Å². The third kappa shape index (κ3) is 3.72. The lowest BCUT2D eigenvalue weighted by Gasteiger charge is -2.40. The van der Waals surface area contributed by atoms with Crippen molar-refractivity contribution in [2.45, 2.75) is 69.1 Å². The maximum Gasteiger partial charge on any atom is 0.0955 e. The Morgan fingerprint density at radius 2 is 0.733 bits per heavy atom. The minimum Gasteiger partial charge on any atom is -0.311 e. The molecule has 0 saturated heterocycles. The third-order valence-electron chi connectivity index (χ3n) is 3.55. The van der Waals surface area contributed by atoms with Gasteiger partial charge in [-0.2, -0.15) is 0 Å². The van der Waals surface area contributed by atoms with E-state index in [-0.39, 0.29) is 0 Å². The van der Waals surface area contributed by atoms with E-state index in [2.05, 4.69) is 0 Å². The molecule has 0 aliphatic heterocycles. The summed E-state index contributed by atoms with van der Waals surface area (Å²) in [7, 11) is 0. The van der Waals surface area contributed by atoms with Crippen LogP contribution in [0.3, 0.4) is 0 Å². The highest BCUT2D eigenvalue weighted by Gasteiger charge is 2.38. The molecule has 0 atom stereocenters. The van der Waals surface area contributed by atoms with Crippen molar-refractivity contribution in [1.29, 1.82) is 0 Å². The molecular weight excluding hydrogens is 188 g/mol. The molecule has 1 rings (SSSR count). The first kappa shape index (κ1) is 12.9. The molecule has 90 valence electrons. The summed E-state index contributed by atoms with van der Waals surface area (Å²) >= 11 is 0. The summed E-state index contributed by atoms with van der Waals surface area (Å²) in [6, 6.07) is 0. The second-order valence-electron chi connectivity index (χ2n) is 5.06. The highest BCUT2D eigenvalue weighted by molar-refractivity contribution is 4.98. The van der Waals surface area contributed by atoms with Crippen LogP contribution in [0.2, 0.25) is 0 Å². The molecule has 0 amide bonds. The zero-order valence-electron chi connectivity index (χ0n) is 9.67. The van der Waals surface area contributed by atoms with Gasteiger partial charge in [-0.1, -0.05) is 44.9 Å². The highest BCUT2D eigenvalue weighted by atomic mass is 15.1. The number of hydrogen-bond donors (Lipinski definition) is 4. The Bertz CT molecular complexity index is 169. The van der Waals surface area contributed by atoms with E-state index in [9.17, 15) is 0 Å². The molecule has 4 heteroatoms. The summed E-state index contributed by atoms with van der Waals surface area (Å²) in [6.45, 7) is 0. The van der Waals surface area contributed by atoms with E-state index in [4.69, 9.17) is 22.9 Å². The summed E-state index contributed by atoms with van der Waals surface area (Å²) in [5.74, 6) is 0. The van der Waals surface area contributed by atoms with Gasteiger partial charge in [0, 0.05) is 0 Å². The number of hydrogen-bond acceptors (Lipinski definition) is 4. The molecule has 0 aromatic heterocycles. The van der Waals surface area contributed by atoms with Crippen LogP contribution in [0.1, 0.15) is 57.8 Å². The quantitative estimate of drug-likeness (QED) is 0.446. The van der Waals surface area contributed by atoms with Crippen molar-refractivity contribution in [2.75, 3.05) is 0 Å². The second-order valence-corrected chi connectivity index (χ2v) is 5.06. The van der Waals surface area contributed by atoms with Crippen molar-refractivity contribution in [3.63, 3.8) is 0 Å². The van der Waals surface area contributed by atoms with Crippen LogP contribution in [-0.4, -0.2) is 11.3 Å². The lowest BCUT2D eigenvalue weighted by Crippen LogP contribution is -2.75. The molecule has 0 aromatic carbocycles. The SMILES string of the molecule is NC1(N)CCCCCCCCCC1(N)N. The molecule has 0 bridgehead atoms. The van der Waals surface area contributed by atoms with Crippen LogP contribution < -0.4 is 22.9 Å². The maximum absolute atomic E-state index is 6.02. The van der Waals surface area contributed by atoms with Crippen LogP contribution in [0.4, 0.5) is 0 Å². The molecule has 1 saturated carbocycles. The molecule has 0 spiro atoms. The normalized spacial score (nSPS) is 28.0. The van der Waals surface area contributed by atoms with Gasteiger partial charge in [0.2, 0.25) is 0 Å². The van der Waals surface area contributed by atoms with Crippen LogP contribution in [-0.2, 0) is 0 Å². The van der Waals surface area contributed by atoms with Gasteiger partial charge in [0.15, 0.2) is 0 Å². The van der Waals surface area contributed by atoms with Crippen LogP contribution in [0.5, 0.6) is 0 Å². The van der Waals surface area contributed by atoms with E-state index in [1.54, 1.807) is 0 Å². The Balaban J connectivity index is 2.59. The van der Waals surface area contributed by atoms with Crippen LogP contribution in [0.15, 0.2) is 0 Å². The zero-order chi connectivity index (χ0) is 11.4. The second kappa shape index (κ2) is 5.25. The summed E-state index contributed by atoms with van der Waals surface area (Å²) in [4.78, 5) is 0. The molecular formula is C11H26N4. The Kier molecular flexibility index (Phi) is 4.52. The Hall–Kier alpha value is -0.160. The van der Waals surface area contributed by atoms with Gasteiger partial charge in [-0.15, -0.1) is 0 Å². The molecule has 0 heterocycles. The number of rotatable bonds is 0. The van der Waals surface area contributed by atoms with Crippen molar-refractivity contribution in [1.82, 2.24) is 0 Å². The Morgan fingerprint density at radius 1 is 0.467 bits per heavy atom. The summed E-state index contributed by atoms with van der Waals surface area (Å²) in [6.07, 6.45) is 9.74. The monoisotopic (exact) mass is 214 g/mol. The fourth-order valence-corrected chi connectivity index (χ4v) is 2.18. The molecule has 1 aliphatic rings. The van der Waals surface area contributed by atoms with Gasteiger partial charge in [0.05, 0.1) is 11.3 Å². The summed E-state index contributed by atoms with van der Waals surface area (Å²) in [5.41, 5.74) is 22.3. The predicted octanol–water partition coefficient (Wildman–Crippen LogP) is 0.738. The van der Waals surface area contributed by atoms with Gasteiger partial charge in [-0.05, 0) is 12.8 Å². The molecule has 0 radical (unpaired) electrons. The largest absolute Gasteiger partial charge is 0.311 e. The van der Waals surface area contributed by atoms with Crippen LogP contribution in [0, 0.1) is 0 Å². The van der Waals surface area contributed by atoms with Gasteiger partial charge in [-0.25, -0.2) is 0 Å². The average Bonchev–Trinajstić information content (AvgIpc) is 2.15. The van der Waals surface area contributed by atoms with Crippen LogP contribution in [0.25, 0.3) is 0 Å². The predicted molar refractivity (Wildman–Crippen MR) is 63.8 cm³/mol. The van der Waals surface area contributed by atoms with Crippen LogP contribution >= 0.6 is 0 Å². The van der Waals surface area contributed by atoms with Crippen molar-refractivity contribution >= 4 is 0 Å². The zero-order valence-corrected chi connectivity index (χ0v) is 9.67. The molecule has 0 unspecified atom stereocenters. The maximum atomic E-state index is 6.02. The van der Waals surface area contributed by atoms with E-state index < -0.39 is 11.3 Å². The Morgan fingerprint density at radius 3 is 1.07 bits per heavy atom. The Labute approximate surface area is 92.7 Å². The van der Waals surface area contributed by atoms with Gasteiger partial charge >= 0.3 is 0 Å². The summed E-state index contributed by atoms with van der Waals surface area (Å²) < 4.78 is 0. The molecule has 1 fully saturated rings. The van der Waals surface area contributed by atoms with E-state index >= 15 is 0 Å². The smallest absolute Gasteiger partial charge is 0.0955 e. The minimum atomic E-state index is -0.919. The first-order valence-electron chi connectivity index (χ1n) is 6.11. The van der Waals surface area contributed by atoms with E-state index in [0.29, 0.717) is 0 Å². The fourth-order valence-electron chi connectivity index (χ4n) is 2.18. The van der Waals surface area contributed by atoms with Crippen molar-refractivity contribution in [3.05, 3.63) is 0 Å². The lowest BCUT2D eigenvalue weighted by atomic mass is 9.86. The van der Waals surface area contributed by atoms with E-state index in [0.717, 1.165) is 25.7 Å². The third-order valence-corrected chi connectivity index (χ3v) is 3.55. The van der Waals surface area contributed by atoms with Crippen molar-refractivity contribution in [2.24, 2.45) is 22.9 Å². The van der Waals surface area contributed by atoms with E-state index in [1.807, 2.05) is 0 Å². The summed E-state index contributed by atoms with van der Waals surface area (Å²) in [5, 5.41) is 0. The highest BCUT2D eigenvalue weighted by Crippen LogP contribution is 2.22. The number of nitrogens with two attached hydrogens (primary N) is 4. The van der Waals surface area contributed by atoms with Gasteiger partial charge in [0.25, 0.3) is 0 Å². The van der Waals surface area contributed by atoms with Gasteiger partial charge in [0.1, 0.15) is 0 Å². The lowest BCUT2D eigenvalue weighted by molar-refractivity contribution is 0.194. The minimum absolute atomic E-state index is 0.722. The molecule has 8 N–H and O–H groups in total.